The van der Waals surface area contributed by atoms with Crippen molar-refractivity contribution >= 4 is 5.95 Å². The van der Waals surface area contributed by atoms with Crippen LogP contribution >= 0.6 is 0 Å². The molecule has 0 unspecified atom stereocenters. The van der Waals surface area contributed by atoms with Crippen LogP contribution in [0.15, 0.2) is 59.4 Å². The van der Waals surface area contributed by atoms with Crippen LogP contribution in [-0.4, -0.2) is 27.5 Å². The molecule has 0 atom stereocenters. The van der Waals surface area contributed by atoms with Crippen molar-refractivity contribution in [1.29, 1.82) is 0 Å². The number of nitrogens with zero attached hydrogens (tertiary/aromatic N) is 4. The van der Waals surface area contributed by atoms with Crippen LogP contribution < -0.4 is 10.5 Å². The van der Waals surface area contributed by atoms with Crippen molar-refractivity contribution in [3.05, 3.63) is 92.9 Å². The van der Waals surface area contributed by atoms with E-state index in [1.54, 1.807) is 0 Å². The van der Waals surface area contributed by atoms with E-state index in [0.29, 0.717) is 6.54 Å². The number of hydrogen-bond acceptors (Lipinski definition) is 4. The number of anilines is 1. The Hall–Kier alpha value is -2.92. The molecule has 0 radical (unpaired) electrons. The molecule has 0 aliphatic carbocycles. The lowest BCUT2D eigenvalue weighted by molar-refractivity contribution is 0.239. The molecule has 1 aromatic heterocycles. The Kier molecular flexibility index (Phi) is 4.68. The summed E-state index contributed by atoms with van der Waals surface area (Å²) in [6, 6.07) is 19.1. The summed E-state index contributed by atoms with van der Waals surface area (Å²) < 4.78 is 2.28. The van der Waals surface area contributed by atoms with Gasteiger partial charge in [0.2, 0.25) is 5.95 Å². The third-order valence-corrected chi connectivity index (χ3v) is 6.04. The summed E-state index contributed by atoms with van der Waals surface area (Å²) in [6.07, 6.45) is 0.908. The Morgan fingerprint density at radius 1 is 0.897 bits per heavy atom. The average molecular weight is 386 g/mol. The van der Waals surface area contributed by atoms with Gasteiger partial charge in [-0.25, -0.2) is 0 Å². The molecule has 0 bridgehead atoms. The highest BCUT2D eigenvalue weighted by Gasteiger charge is 2.29. The topological polar surface area (TPSA) is 41.4 Å². The number of benzene rings is 2. The van der Waals surface area contributed by atoms with Crippen molar-refractivity contribution < 1.29 is 0 Å². The zero-order valence-electron chi connectivity index (χ0n) is 16.8. The number of fused-ring (bicyclic) bond motifs is 3. The maximum absolute atomic E-state index is 12.9. The van der Waals surface area contributed by atoms with E-state index in [4.69, 9.17) is 0 Å². The maximum Gasteiger partial charge on any atom is 0.279 e. The average Bonchev–Trinajstić information content (AvgIpc) is 3.13. The molecule has 5 nitrogen and oxygen atoms in total. The van der Waals surface area contributed by atoms with E-state index in [1.165, 1.54) is 22.4 Å². The molecule has 5 heteroatoms. The molecule has 0 N–H and O–H groups in total. The van der Waals surface area contributed by atoms with Crippen LogP contribution in [0.3, 0.4) is 0 Å². The van der Waals surface area contributed by atoms with Gasteiger partial charge in [0, 0.05) is 51.4 Å². The van der Waals surface area contributed by atoms with Gasteiger partial charge in [0.1, 0.15) is 0 Å². The Morgan fingerprint density at radius 2 is 1.66 bits per heavy atom. The highest BCUT2D eigenvalue weighted by Crippen LogP contribution is 2.26. The van der Waals surface area contributed by atoms with Gasteiger partial charge in [-0.3, -0.25) is 9.69 Å². The lowest BCUT2D eigenvalue weighted by atomic mass is 10.1. The van der Waals surface area contributed by atoms with Gasteiger partial charge in [-0.1, -0.05) is 60.2 Å². The molecule has 2 aliphatic heterocycles. The largest absolute Gasteiger partial charge is 0.336 e. The number of aryl methyl sites for hydroxylation is 1. The fraction of sp³-hybridized carbons (Fsp3) is 0.333. The summed E-state index contributed by atoms with van der Waals surface area (Å²) in [5.74, 6) is 0.839. The predicted octanol–water partition coefficient (Wildman–Crippen LogP) is 3.13. The summed E-state index contributed by atoms with van der Waals surface area (Å²) in [4.78, 5) is 22.0. The van der Waals surface area contributed by atoms with Crippen molar-refractivity contribution in [3.63, 3.8) is 0 Å². The van der Waals surface area contributed by atoms with E-state index in [-0.39, 0.29) is 5.56 Å². The summed E-state index contributed by atoms with van der Waals surface area (Å²) in [5.41, 5.74) is 5.82. The highest BCUT2D eigenvalue weighted by atomic mass is 16.1. The first kappa shape index (κ1) is 18.1. The van der Waals surface area contributed by atoms with Crippen molar-refractivity contribution in [2.24, 2.45) is 0 Å². The second-order valence-electron chi connectivity index (χ2n) is 8.15. The zero-order chi connectivity index (χ0) is 19.8. The normalized spacial score (nSPS) is 16.0. The molecule has 2 aliphatic rings. The molecule has 29 heavy (non-hydrogen) atoms. The van der Waals surface area contributed by atoms with Crippen LogP contribution in [0.25, 0.3) is 0 Å². The van der Waals surface area contributed by atoms with Gasteiger partial charge in [-0.05, 0) is 18.1 Å². The van der Waals surface area contributed by atoms with Crippen LogP contribution in [-0.2, 0) is 32.6 Å². The Morgan fingerprint density at radius 3 is 2.45 bits per heavy atom. The first-order valence-electron chi connectivity index (χ1n) is 10.4. The minimum Gasteiger partial charge on any atom is -0.336 e. The van der Waals surface area contributed by atoms with Crippen molar-refractivity contribution in [2.45, 2.75) is 39.5 Å². The fourth-order valence-corrected chi connectivity index (χ4v) is 4.47. The molecule has 5 rings (SSSR count). The molecule has 2 aromatic carbocycles. The summed E-state index contributed by atoms with van der Waals surface area (Å²) in [5, 5.41) is 0. The molecule has 0 fully saturated rings. The number of aromatic nitrogens is 2. The van der Waals surface area contributed by atoms with Gasteiger partial charge in [0.25, 0.3) is 5.56 Å². The standard InChI is InChI=1S/C24H26N4O/c1-18-7-9-20(10-8-18)16-27-13-14-28-22-11-12-26(15-19-5-3-2-4-6-19)17-21(22)23(29)25-24(27)28/h2-10H,11-17H2,1H3. The van der Waals surface area contributed by atoms with Gasteiger partial charge >= 0.3 is 0 Å². The minimum atomic E-state index is -0.0557. The van der Waals surface area contributed by atoms with E-state index in [2.05, 4.69) is 74.8 Å². The lowest BCUT2D eigenvalue weighted by Gasteiger charge is -2.30. The van der Waals surface area contributed by atoms with Gasteiger partial charge < -0.3 is 9.47 Å². The summed E-state index contributed by atoms with van der Waals surface area (Å²) in [6.45, 7) is 7.26. The van der Waals surface area contributed by atoms with E-state index < -0.39 is 0 Å². The van der Waals surface area contributed by atoms with Crippen LogP contribution in [0, 0.1) is 6.92 Å². The Bertz CT molecular complexity index is 1070. The molecule has 0 spiro atoms. The first-order valence-corrected chi connectivity index (χ1v) is 10.4. The Labute approximate surface area is 171 Å². The third-order valence-electron chi connectivity index (χ3n) is 6.04. The highest BCUT2D eigenvalue weighted by molar-refractivity contribution is 5.41. The van der Waals surface area contributed by atoms with Gasteiger partial charge in [0.15, 0.2) is 0 Å². The molecule has 0 amide bonds. The summed E-state index contributed by atoms with van der Waals surface area (Å²) >= 11 is 0. The first-order chi connectivity index (χ1) is 14.2. The molecular weight excluding hydrogens is 360 g/mol. The number of hydrogen-bond donors (Lipinski definition) is 0. The van der Waals surface area contributed by atoms with Crippen molar-refractivity contribution in [1.82, 2.24) is 14.5 Å². The van der Waals surface area contributed by atoms with Crippen LogP contribution in [0.5, 0.6) is 0 Å². The molecule has 0 saturated heterocycles. The molecular formula is C24H26N4O. The second kappa shape index (κ2) is 7.48. The molecule has 3 heterocycles. The molecule has 0 saturated carbocycles. The maximum atomic E-state index is 12.9. The predicted molar refractivity (Wildman–Crippen MR) is 115 cm³/mol. The van der Waals surface area contributed by atoms with Crippen LogP contribution in [0.2, 0.25) is 0 Å². The van der Waals surface area contributed by atoms with E-state index in [9.17, 15) is 4.79 Å². The second-order valence-corrected chi connectivity index (χ2v) is 8.15. The van der Waals surface area contributed by atoms with E-state index >= 15 is 0 Å². The fourth-order valence-electron chi connectivity index (χ4n) is 4.47. The lowest BCUT2D eigenvalue weighted by Crippen LogP contribution is -2.37. The Balaban J connectivity index is 1.38. The van der Waals surface area contributed by atoms with E-state index in [1.807, 2.05) is 6.07 Å². The number of rotatable bonds is 4. The smallest absolute Gasteiger partial charge is 0.279 e. The SMILES string of the molecule is Cc1ccc(CN2CCn3c2nc(=O)c2c3CCN(Cc3ccccc3)C2)cc1. The monoisotopic (exact) mass is 386 g/mol. The molecule has 148 valence electrons. The van der Waals surface area contributed by atoms with Crippen LogP contribution in [0.1, 0.15) is 27.9 Å². The van der Waals surface area contributed by atoms with Crippen LogP contribution in [0.4, 0.5) is 5.95 Å². The zero-order valence-corrected chi connectivity index (χ0v) is 16.8. The van der Waals surface area contributed by atoms with Crippen molar-refractivity contribution in [3.8, 4) is 0 Å². The van der Waals surface area contributed by atoms with Gasteiger partial charge in [-0.15, -0.1) is 0 Å². The molecule has 3 aromatic rings. The summed E-state index contributed by atoms with van der Waals surface area (Å²) in [7, 11) is 0. The minimum absolute atomic E-state index is 0.0557. The van der Waals surface area contributed by atoms with E-state index in [0.717, 1.165) is 50.7 Å². The quantitative estimate of drug-likeness (QED) is 0.691. The van der Waals surface area contributed by atoms with Gasteiger partial charge in [0.05, 0.1) is 5.56 Å². The third kappa shape index (κ3) is 3.58. The van der Waals surface area contributed by atoms with Gasteiger partial charge in [-0.2, -0.15) is 4.98 Å². The van der Waals surface area contributed by atoms with Crippen molar-refractivity contribution in [2.75, 3.05) is 18.0 Å².